The average Bonchev–Trinajstić information content (AvgIpc) is 2.47. The van der Waals surface area contributed by atoms with Gasteiger partial charge in [0.15, 0.2) is 9.84 Å². The van der Waals surface area contributed by atoms with Gasteiger partial charge in [-0.25, -0.2) is 8.42 Å². The second-order valence-electron chi connectivity index (χ2n) is 5.24. The van der Waals surface area contributed by atoms with Crippen LogP contribution >= 0.6 is 0 Å². The van der Waals surface area contributed by atoms with E-state index in [0.29, 0.717) is 5.56 Å². The lowest BCUT2D eigenvalue weighted by atomic mass is 9.99. The normalized spacial score (nSPS) is 13.1. The van der Waals surface area contributed by atoms with Crippen LogP contribution in [0.1, 0.15) is 36.1 Å². The highest BCUT2D eigenvalue weighted by atomic mass is 32.2. The van der Waals surface area contributed by atoms with Crippen molar-refractivity contribution < 1.29 is 13.5 Å². The molecule has 0 spiro atoms. The van der Waals surface area contributed by atoms with E-state index in [2.05, 4.69) is 6.92 Å². The highest BCUT2D eigenvalue weighted by Crippen LogP contribution is 2.24. The van der Waals surface area contributed by atoms with Crippen LogP contribution in [0.5, 0.6) is 0 Å². The van der Waals surface area contributed by atoms with E-state index >= 15 is 0 Å². The first kappa shape index (κ1) is 15.7. The molecule has 112 valence electrons. The van der Waals surface area contributed by atoms with Crippen molar-refractivity contribution in [3.63, 3.8) is 0 Å². The molecule has 0 amide bonds. The third-order valence-electron chi connectivity index (χ3n) is 3.44. The Morgan fingerprint density at radius 2 is 1.71 bits per heavy atom. The van der Waals surface area contributed by atoms with Gasteiger partial charge < -0.3 is 5.11 Å². The third kappa shape index (κ3) is 3.93. The van der Waals surface area contributed by atoms with Crippen LogP contribution in [0, 0.1) is 0 Å². The molecule has 0 aromatic heterocycles. The van der Waals surface area contributed by atoms with Crippen molar-refractivity contribution >= 4 is 9.84 Å². The van der Waals surface area contributed by atoms with Crippen LogP contribution in [0.4, 0.5) is 0 Å². The maximum Gasteiger partial charge on any atom is 0.175 e. The molecule has 2 rings (SSSR count). The van der Waals surface area contributed by atoms with Gasteiger partial charge in [-0.2, -0.15) is 0 Å². The summed E-state index contributed by atoms with van der Waals surface area (Å²) < 4.78 is 23.2. The Kier molecular flexibility index (Phi) is 4.80. The van der Waals surface area contributed by atoms with Crippen molar-refractivity contribution in [3.05, 3.63) is 65.2 Å². The maximum atomic E-state index is 11.6. The van der Waals surface area contributed by atoms with E-state index in [9.17, 15) is 13.5 Å². The number of aliphatic hydroxyl groups excluding tert-OH is 1. The lowest BCUT2D eigenvalue weighted by Gasteiger charge is -2.13. The van der Waals surface area contributed by atoms with Gasteiger partial charge in [-0.3, -0.25) is 0 Å². The third-order valence-corrected chi connectivity index (χ3v) is 4.55. The van der Waals surface area contributed by atoms with Crippen molar-refractivity contribution in [2.24, 2.45) is 0 Å². The molecule has 1 atom stereocenters. The summed E-state index contributed by atoms with van der Waals surface area (Å²) >= 11 is 0. The molecule has 3 nitrogen and oxygen atoms in total. The molecule has 1 unspecified atom stereocenters. The highest BCUT2D eigenvalue weighted by Gasteiger charge is 2.14. The number of hydrogen-bond acceptors (Lipinski definition) is 3. The van der Waals surface area contributed by atoms with E-state index in [1.165, 1.54) is 17.7 Å². The second-order valence-corrected chi connectivity index (χ2v) is 7.25. The SMILES string of the molecule is CCCc1ccc(C(O)c2cccc(S(C)(=O)=O)c2)cc1. The van der Waals surface area contributed by atoms with Crippen LogP contribution in [0.15, 0.2) is 53.4 Å². The number of hydrogen-bond donors (Lipinski definition) is 1. The van der Waals surface area contributed by atoms with E-state index in [4.69, 9.17) is 0 Å². The molecule has 0 bridgehead atoms. The number of aryl methyl sites for hydroxylation is 1. The van der Waals surface area contributed by atoms with Gasteiger partial charge in [0, 0.05) is 6.26 Å². The van der Waals surface area contributed by atoms with Crippen molar-refractivity contribution in [2.45, 2.75) is 30.8 Å². The summed E-state index contributed by atoms with van der Waals surface area (Å²) in [6.45, 7) is 2.12. The van der Waals surface area contributed by atoms with Crippen molar-refractivity contribution in [1.29, 1.82) is 0 Å². The minimum Gasteiger partial charge on any atom is -0.384 e. The van der Waals surface area contributed by atoms with E-state index in [0.717, 1.165) is 24.7 Å². The monoisotopic (exact) mass is 304 g/mol. The summed E-state index contributed by atoms with van der Waals surface area (Å²) in [6, 6.07) is 14.2. The Morgan fingerprint density at radius 3 is 2.29 bits per heavy atom. The van der Waals surface area contributed by atoms with Gasteiger partial charge in [0.2, 0.25) is 0 Å². The Morgan fingerprint density at radius 1 is 1.05 bits per heavy atom. The van der Waals surface area contributed by atoms with Crippen LogP contribution in [-0.2, 0) is 16.3 Å². The average molecular weight is 304 g/mol. The highest BCUT2D eigenvalue weighted by molar-refractivity contribution is 7.90. The van der Waals surface area contributed by atoms with Crippen LogP contribution in [-0.4, -0.2) is 19.8 Å². The minimum absolute atomic E-state index is 0.224. The largest absolute Gasteiger partial charge is 0.384 e. The topological polar surface area (TPSA) is 54.4 Å². The molecular formula is C17H20O3S. The fourth-order valence-corrected chi connectivity index (χ4v) is 2.94. The molecule has 0 aliphatic carbocycles. The molecule has 0 radical (unpaired) electrons. The minimum atomic E-state index is -3.27. The van der Waals surface area contributed by atoms with E-state index in [1.807, 2.05) is 24.3 Å². The lowest BCUT2D eigenvalue weighted by Crippen LogP contribution is -2.03. The number of aliphatic hydroxyl groups is 1. The maximum absolute atomic E-state index is 11.6. The van der Waals surface area contributed by atoms with Gasteiger partial charge in [-0.1, -0.05) is 49.7 Å². The summed E-state index contributed by atoms with van der Waals surface area (Å²) in [5.41, 5.74) is 2.58. The van der Waals surface area contributed by atoms with Crippen LogP contribution in [0.25, 0.3) is 0 Å². The van der Waals surface area contributed by atoms with Gasteiger partial charge in [0.25, 0.3) is 0 Å². The quantitative estimate of drug-likeness (QED) is 0.923. The molecule has 4 heteroatoms. The first-order valence-corrected chi connectivity index (χ1v) is 8.88. The van der Waals surface area contributed by atoms with E-state index < -0.39 is 15.9 Å². The zero-order chi connectivity index (χ0) is 15.5. The van der Waals surface area contributed by atoms with E-state index in [-0.39, 0.29) is 4.90 Å². The van der Waals surface area contributed by atoms with Crippen molar-refractivity contribution in [2.75, 3.05) is 6.26 Å². The summed E-state index contributed by atoms with van der Waals surface area (Å²) in [7, 11) is -3.27. The Balaban J connectivity index is 2.29. The summed E-state index contributed by atoms with van der Waals surface area (Å²) in [4.78, 5) is 0.224. The molecule has 2 aromatic carbocycles. The Hall–Kier alpha value is -1.65. The molecule has 0 saturated heterocycles. The van der Waals surface area contributed by atoms with Crippen LogP contribution in [0.3, 0.4) is 0 Å². The standard InChI is InChI=1S/C17H20O3S/c1-3-5-13-8-10-14(11-9-13)17(18)15-6-4-7-16(12-15)21(2,19)20/h4,6-12,17-18H,3,5H2,1-2H3. The summed E-state index contributed by atoms with van der Waals surface area (Å²) in [5, 5.41) is 10.4. The predicted octanol–water partition coefficient (Wildman–Crippen LogP) is 3.12. The predicted molar refractivity (Wildman–Crippen MR) is 84.1 cm³/mol. The van der Waals surface area contributed by atoms with Gasteiger partial charge in [-0.15, -0.1) is 0 Å². The Bertz CT molecular complexity index is 703. The molecule has 2 aromatic rings. The second kappa shape index (κ2) is 6.41. The first-order chi connectivity index (χ1) is 9.91. The van der Waals surface area contributed by atoms with Crippen molar-refractivity contribution in [3.8, 4) is 0 Å². The molecule has 0 aliphatic heterocycles. The zero-order valence-corrected chi connectivity index (χ0v) is 13.1. The molecular weight excluding hydrogens is 284 g/mol. The van der Waals surface area contributed by atoms with Gasteiger partial charge >= 0.3 is 0 Å². The fourth-order valence-electron chi connectivity index (χ4n) is 2.26. The zero-order valence-electron chi connectivity index (χ0n) is 12.3. The van der Waals surface area contributed by atoms with Gasteiger partial charge in [0.05, 0.1) is 4.90 Å². The molecule has 1 N–H and O–H groups in total. The smallest absolute Gasteiger partial charge is 0.175 e. The molecule has 0 aliphatic rings. The molecule has 0 heterocycles. The molecule has 0 fully saturated rings. The first-order valence-electron chi connectivity index (χ1n) is 6.98. The van der Waals surface area contributed by atoms with Gasteiger partial charge in [-0.05, 0) is 35.2 Å². The van der Waals surface area contributed by atoms with Crippen LogP contribution < -0.4 is 0 Å². The summed E-state index contributed by atoms with van der Waals surface area (Å²) in [6.07, 6.45) is 2.44. The van der Waals surface area contributed by atoms with Crippen LogP contribution in [0.2, 0.25) is 0 Å². The fraction of sp³-hybridized carbons (Fsp3) is 0.294. The van der Waals surface area contributed by atoms with E-state index in [1.54, 1.807) is 12.1 Å². The molecule has 21 heavy (non-hydrogen) atoms. The lowest BCUT2D eigenvalue weighted by molar-refractivity contribution is 0.220. The Labute approximate surface area is 126 Å². The number of benzene rings is 2. The number of rotatable bonds is 5. The summed E-state index contributed by atoms with van der Waals surface area (Å²) in [5.74, 6) is 0. The van der Waals surface area contributed by atoms with Gasteiger partial charge in [0.1, 0.15) is 6.10 Å². The number of sulfone groups is 1. The van der Waals surface area contributed by atoms with Crippen molar-refractivity contribution in [1.82, 2.24) is 0 Å². The molecule has 0 saturated carbocycles.